The molecular weight excluding hydrogens is 243 g/mol. The van der Waals surface area contributed by atoms with Crippen LogP contribution in [0, 0.1) is 0 Å². The smallest absolute Gasteiger partial charge is 0.416 e. The average Bonchev–Trinajstić information content (AvgIpc) is 2.75. The lowest BCUT2D eigenvalue weighted by molar-refractivity contribution is -0.137. The van der Waals surface area contributed by atoms with Crippen LogP contribution in [-0.4, -0.2) is 13.7 Å². The zero-order valence-electron chi connectivity index (χ0n) is 10.4. The van der Waals surface area contributed by atoms with Crippen LogP contribution in [0.15, 0.2) is 18.2 Å². The molecule has 0 radical (unpaired) electrons. The first kappa shape index (κ1) is 13.2. The van der Waals surface area contributed by atoms with Gasteiger partial charge in [0.15, 0.2) is 0 Å². The van der Waals surface area contributed by atoms with E-state index >= 15 is 0 Å². The van der Waals surface area contributed by atoms with Crippen LogP contribution < -0.4 is 10.1 Å². The zero-order chi connectivity index (χ0) is 13.4. The number of alkyl halides is 3. The fourth-order valence-corrected chi connectivity index (χ4v) is 2.45. The maximum Gasteiger partial charge on any atom is 0.416 e. The Morgan fingerprint density at radius 2 is 2.06 bits per heavy atom. The van der Waals surface area contributed by atoms with Crippen LogP contribution in [0.5, 0.6) is 5.75 Å². The maximum absolute atomic E-state index is 12.6. The summed E-state index contributed by atoms with van der Waals surface area (Å²) < 4.78 is 43.0. The first-order valence-electron chi connectivity index (χ1n) is 5.87. The van der Waals surface area contributed by atoms with Crippen LogP contribution >= 0.6 is 0 Å². The molecule has 0 spiro atoms. The lowest BCUT2D eigenvalue weighted by atomic mass is 9.89. The van der Waals surface area contributed by atoms with Gasteiger partial charge < -0.3 is 10.1 Å². The average molecular weight is 259 g/mol. The molecule has 1 N–H and O–H groups in total. The van der Waals surface area contributed by atoms with Gasteiger partial charge >= 0.3 is 6.18 Å². The second kappa shape index (κ2) is 4.46. The van der Waals surface area contributed by atoms with Crippen molar-refractivity contribution in [1.82, 2.24) is 5.32 Å². The number of hydrogen-bond donors (Lipinski definition) is 1. The van der Waals surface area contributed by atoms with Crippen molar-refractivity contribution in [2.45, 2.75) is 31.5 Å². The molecule has 0 saturated carbocycles. The van der Waals surface area contributed by atoms with E-state index in [1.807, 2.05) is 6.92 Å². The minimum atomic E-state index is -4.34. The van der Waals surface area contributed by atoms with E-state index in [-0.39, 0.29) is 5.54 Å². The Bertz CT molecular complexity index is 436. The molecule has 1 aromatic rings. The molecule has 0 amide bonds. The van der Waals surface area contributed by atoms with Gasteiger partial charge in [0.25, 0.3) is 0 Å². The number of halogens is 3. The van der Waals surface area contributed by atoms with Crippen LogP contribution in [0.4, 0.5) is 13.2 Å². The Kier molecular flexibility index (Phi) is 3.27. The summed E-state index contributed by atoms with van der Waals surface area (Å²) in [6, 6.07) is 3.70. The first-order chi connectivity index (χ1) is 8.37. The molecule has 1 aliphatic heterocycles. The molecule has 18 heavy (non-hydrogen) atoms. The fraction of sp³-hybridized carbons (Fsp3) is 0.538. The van der Waals surface area contributed by atoms with Crippen molar-refractivity contribution in [3.05, 3.63) is 29.3 Å². The van der Waals surface area contributed by atoms with E-state index in [0.29, 0.717) is 5.75 Å². The summed E-state index contributed by atoms with van der Waals surface area (Å²) in [4.78, 5) is 0. The second-order valence-electron chi connectivity index (χ2n) is 4.78. The topological polar surface area (TPSA) is 21.3 Å². The number of ether oxygens (including phenoxy) is 1. The van der Waals surface area contributed by atoms with Gasteiger partial charge in [-0.1, -0.05) is 6.07 Å². The third kappa shape index (κ3) is 2.32. The van der Waals surface area contributed by atoms with E-state index in [2.05, 4.69) is 5.32 Å². The van der Waals surface area contributed by atoms with Gasteiger partial charge in [-0.05, 0) is 38.4 Å². The normalized spacial score (nSPS) is 24.3. The van der Waals surface area contributed by atoms with Gasteiger partial charge in [0.2, 0.25) is 0 Å². The first-order valence-corrected chi connectivity index (χ1v) is 5.87. The Balaban J connectivity index is 2.43. The van der Waals surface area contributed by atoms with Gasteiger partial charge in [0.1, 0.15) is 5.75 Å². The van der Waals surface area contributed by atoms with Crippen molar-refractivity contribution in [2.75, 3.05) is 13.7 Å². The van der Waals surface area contributed by atoms with Crippen molar-refractivity contribution in [3.8, 4) is 5.75 Å². The second-order valence-corrected chi connectivity index (χ2v) is 4.78. The summed E-state index contributed by atoms with van der Waals surface area (Å²) in [5.74, 6) is 0.293. The van der Waals surface area contributed by atoms with E-state index in [1.54, 1.807) is 0 Å². The van der Waals surface area contributed by atoms with Crippen molar-refractivity contribution >= 4 is 0 Å². The maximum atomic E-state index is 12.6. The minimum absolute atomic E-state index is 0.293. The monoisotopic (exact) mass is 259 g/mol. The van der Waals surface area contributed by atoms with Crippen LogP contribution in [0.1, 0.15) is 30.9 Å². The Morgan fingerprint density at radius 3 is 2.56 bits per heavy atom. The van der Waals surface area contributed by atoms with Gasteiger partial charge in [-0.2, -0.15) is 13.2 Å². The van der Waals surface area contributed by atoms with Crippen molar-refractivity contribution in [2.24, 2.45) is 0 Å². The van der Waals surface area contributed by atoms with E-state index in [4.69, 9.17) is 4.74 Å². The summed E-state index contributed by atoms with van der Waals surface area (Å²) in [6.07, 6.45) is -2.43. The number of hydrogen-bond acceptors (Lipinski definition) is 2. The third-order valence-corrected chi connectivity index (χ3v) is 3.49. The highest BCUT2D eigenvalue weighted by Crippen LogP contribution is 2.39. The molecule has 0 aliphatic carbocycles. The molecule has 0 aromatic heterocycles. The summed E-state index contributed by atoms with van der Waals surface area (Å²) in [6.45, 7) is 2.87. The lowest BCUT2D eigenvalue weighted by Gasteiger charge is -2.27. The Morgan fingerprint density at radius 1 is 1.33 bits per heavy atom. The van der Waals surface area contributed by atoms with Gasteiger partial charge in [-0.15, -0.1) is 0 Å². The Labute approximate surface area is 104 Å². The summed E-state index contributed by atoms with van der Waals surface area (Å²) in [7, 11) is 1.40. The van der Waals surface area contributed by atoms with Crippen LogP contribution in [0.2, 0.25) is 0 Å². The highest BCUT2D eigenvalue weighted by Gasteiger charge is 2.36. The summed E-state index contributed by atoms with van der Waals surface area (Å²) in [5.41, 5.74) is -0.185. The SMILES string of the molecule is COc1cc(C(F)(F)F)ccc1C1(C)CCCN1. The van der Waals surface area contributed by atoms with Gasteiger partial charge in [-0.3, -0.25) is 0 Å². The number of benzene rings is 1. The quantitative estimate of drug-likeness (QED) is 0.879. The highest BCUT2D eigenvalue weighted by molar-refractivity contribution is 5.43. The molecule has 1 fully saturated rings. The third-order valence-electron chi connectivity index (χ3n) is 3.49. The predicted molar refractivity (Wildman–Crippen MR) is 62.6 cm³/mol. The van der Waals surface area contributed by atoms with E-state index in [9.17, 15) is 13.2 Å². The predicted octanol–water partition coefficient (Wildman–Crippen LogP) is 3.31. The summed E-state index contributed by atoms with van der Waals surface area (Å²) in [5, 5.41) is 3.32. The molecule has 1 saturated heterocycles. The molecule has 1 aromatic carbocycles. The van der Waals surface area contributed by atoms with E-state index < -0.39 is 11.7 Å². The Hall–Kier alpha value is -1.23. The molecule has 5 heteroatoms. The molecule has 2 rings (SSSR count). The highest BCUT2D eigenvalue weighted by atomic mass is 19.4. The van der Waals surface area contributed by atoms with Crippen molar-refractivity contribution in [1.29, 1.82) is 0 Å². The molecule has 2 nitrogen and oxygen atoms in total. The lowest BCUT2D eigenvalue weighted by Crippen LogP contribution is -2.33. The number of rotatable bonds is 2. The molecule has 100 valence electrons. The van der Waals surface area contributed by atoms with Crippen LogP contribution in [0.25, 0.3) is 0 Å². The largest absolute Gasteiger partial charge is 0.496 e. The van der Waals surface area contributed by atoms with Gasteiger partial charge in [0.05, 0.1) is 12.7 Å². The summed E-state index contributed by atoms with van der Waals surface area (Å²) >= 11 is 0. The number of nitrogens with one attached hydrogen (secondary N) is 1. The molecular formula is C13H16F3NO. The van der Waals surface area contributed by atoms with E-state index in [0.717, 1.165) is 37.1 Å². The van der Waals surface area contributed by atoms with Gasteiger partial charge in [-0.25, -0.2) is 0 Å². The van der Waals surface area contributed by atoms with Crippen molar-refractivity contribution < 1.29 is 17.9 Å². The standard InChI is InChI=1S/C13H16F3NO/c1-12(6-3-7-17-12)10-5-4-9(13(14,15)16)8-11(10)18-2/h4-5,8,17H,3,6-7H2,1-2H3. The number of methoxy groups -OCH3 is 1. The molecule has 1 unspecified atom stereocenters. The van der Waals surface area contributed by atoms with E-state index in [1.165, 1.54) is 13.2 Å². The zero-order valence-corrected chi connectivity index (χ0v) is 10.4. The molecule has 1 aliphatic rings. The molecule has 0 bridgehead atoms. The minimum Gasteiger partial charge on any atom is -0.496 e. The molecule has 1 heterocycles. The molecule has 1 atom stereocenters. The fourth-order valence-electron chi connectivity index (χ4n) is 2.45. The van der Waals surface area contributed by atoms with Crippen LogP contribution in [-0.2, 0) is 11.7 Å². The van der Waals surface area contributed by atoms with Crippen LogP contribution in [0.3, 0.4) is 0 Å². The van der Waals surface area contributed by atoms with Gasteiger partial charge in [0, 0.05) is 11.1 Å². The van der Waals surface area contributed by atoms with Crippen molar-refractivity contribution in [3.63, 3.8) is 0 Å².